The van der Waals surface area contributed by atoms with E-state index in [1.165, 1.54) is 0 Å². The Bertz CT molecular complexity index is 210. The molecule has 0 bridgehead atoms. The highest BCUT2D eigenvalue weighted by Crippen LogP contribution is 1.97. The maximum absolute atomic E-state index is 11.4. The van der Waals surface area contributed by atoms with Gasteiger partial charge in [-0.1, -0.05) is 6.42 Å². The van der Waals surface area contributed by atoms with Crippen LogP contribution in [0.4, 0.5) is 0 Å². The molecule has 15 heavy (non-hydrogen) atoms. The molecule has 5 N–H and O–H groups in total. The highest BCUT2D eigenvalue weighted by atomic mass is 16.2. The smallest absolute Gasteiger partial charge is 0.236 e. The number of amides is 1. The number of carbonyl (C=O) groups is 1. The monoisotopic (exact) mass is 211 g/mol. The summed E-state index contributed by atoms with van der Waals surface area (Å²) in [6.45, 7) is 1.25. The zero-order chi connectivity index (χ0) is 11.5. The second-order valence-electron chi connectivity index (χ2n) is 3.49. The van der Waals surface area contributed by atoms with Crippen LogP contribution in [-0.4, -0.2) is 25.0 Å². The SMILES string of the molecule is C#CCCCNC(=O)[C@@H](N)CCCCN. The molecule has 0 aliphatic heterocycles. The summed E-state index contributed by atoms with van der Waals surface area (Å²) < 4.78 is 0. The van der Waals surface area contributed by atoms with Crippen LogP contribution >= 0.6 is 0 Å². The van der Waals surface area contributed by atoms with Crippen LogP contribution in [0.15, 0.2) is 0 Å². The van der Waals surface area contributed by atoms with E-state index in [1.807, 2.05) is 0 Å². The van der Waals surface area contributed by atoms with E-state index >= 15 is 0 Å². The molecule has 0 radical (unpaired) electrons. The Morgan fingerprint density at radius 1 is 1.40 bits per heavy atom. The molecule has 0 aromatic rings. The third-order valence-electron chi connectivity index (χ3n) is 2.10. The molecule has 0 spiro atoms. The first kappa shape index (κ1) is 13.9. The summed E-state index contributed by atoms with van der Waals surface area (Å²) >= 11 is 0. The molecule has 1 atom stereocenters. The summed E-state index contributed by atoms with van der Waals surface area (Å²) in [4.78, 5) is 11.4. The highest BCUT2D eigenvalue weighted by Gasteiger charge is 2.11. The van der Waals surface area contributed by atoms with Crippen LogP contribution in [0.25, 0.3) is 0 Å². The van der Waals surface area contributed by atoms with Crippen molar-refractivity contribution in [3.63, 3.8) is 0 Å². The quantitative estimate of drug-likeness (QED) is 0.389. The van der Waals surface area contributed by atoms with Crippen LogP contribution < -0.4 is 16.8 Å². The lowest BCUT2D eigenvalue weighted by Crippen LogP contribution is -2.40. The van der Waals surface area contributed by atoms with E-state index in [-0.39, 0.29) is 5.91 Å². The third kappa shape index (κ3) is 7.98. The number of hydrogen-bond acceptors (Lipinski definition) is 3. The van der Waals surface area contributed by atoms with Crippen LogP contribution in [0.2, 0.25) is 0 Å². The predicted octanol–water partition coefficient (Wildman–Crippen LogP) is -0.0277. The molecule has 0 aliphatic rings. The first-order chi connectivity index (χ1) is 7.22. The Morgan fingerprint density at radius 3 is 2.73 bits per heavy atom. The Kier molecular flexibility index (Phi) is 8.84. The molecule has 0 heterocycles. The topological polar surface area (TPSA) is 81.1 Å². The van der Waals surface area contributed by atoms with Crippen molar-refractivity contribution < 1.29 is 4.79 Å². The third-order valence-corrected chi connectivity index (χ3v) is 2.10. The average Bonchev–Trinajstić information content (AvgIpc) is 2.24. The Hall–Kier alpha value is -1.05. The Balaban J connectivity index is 3.47. The zero-order valence-corrected chi connectivity index (χ0v) is 9.17. The van der Waals surface area contributed by atoms with Crippen LogP contribution in [0, 0.1) is 12.3 Å². The van der Waals surface area contributed by atoms with Gasteiger partial charge in [0.15, 0.2) is 0 Å². The van der Waals surface area contributed by atoms with Gasteiger partial charge in [-0.3, -0.25) is 4.79 Å². The van der Waals surface area contributed by atoms with Gasteiger partial charge < -0.3 is 16.8 Å². The fourth-order valence-electron chi connectivity index (χ4n) is 1.17. The largest absolute Gasteiger partial charge is 0.355 e. The summed E-state index contributed by atoms with van der Waals surface area (Å²) in [6.07, 6.45) is 9.08. The van der Waals surface area contributed by atoms with Gasteiger partial charge in [0.1, 0.15) is 0 Å². The van der Waals surface area contributed by atoms with Crippen LogP contribution in [0.3, 0.4) is 0 Å². The van der Waals surface area contributed by atoms with Crippen LogP contribution in [0.5, 0.6) is 0 Å². The number of nitrogens with two attached hydrogens (primary N) is 2. The molecule has 0 aromatic carbocycles. The summed E-state index contributed by atoms with van der Waals surface area (Å²) in [7, 11) is 0. The minimum Gasteiger partial charge on any atom is -0.355 e. The van der Waals surface area contributed by atoms with Crippen molar-refractivity contribution in [1.29, 1.82) is 0 Å². The van der Waals surface area contributed by atoms with Gasteiger partial charge in [0.05, 0.1) is 6.04 Å². The van der Waals surface area contributed by atoms with E-state index in [2.05, 4.69) is 11.2 Å². The second kappa shape index (κ2) is 9.50. The van der Waals surface area contributed by atoms with Gasteiger partial charge in [0.25, 0.3) is 0 Å². The van der Waals surface area contributed by atoms with Gasteiger partial charge >= 0.3 is 0 Å². The lowest BCUT2D eigenvalue weighted by Gasteiger charge is -2.11. The van der Waals surface area contributed by atoms with E-state index < -0.39 is 6.04 Å². The summed E-state index contributed by atoms with van der Waals surface area (Å²) in [5.41, 5.74) is 11.0. The molecule has 0 saturated heterocycles. The number of rotatable bonds is 8. The van der Waals surface area contributed by atoms with Crippen molar-refractivity contribution in [3.05, 3.63) is 0 Å². The van der Waals surface area contributed by atoms with Crippen molar-refractivity contribution in [2.75, 3.05) is 13.1 Å². The molecule has 0 fully saturated rings. The van der Waals surface area contributed by atoms with Crippen molar-refractivity contribution >= 4 is 5.91 Å². The maximum atomic E-state index is 11.4. The van der Waals surface area contributed by atoms with Crippen molar-refractivity contribution in [3.8, 4) is 12.3 Å². The van der Waals surface area contributed by atoms with Crippen molar-refractivity contribution in [1.82, 2.24) is 5.32 Å². The second-order valence-corrected chi connectivity index (χ2v) is 3.49. The van der Waals surface area contributed by atoms with E-state index in [0.29, 0.717) is 25.9 Å². The first-order valence-corrected chi connectivity index (χ1v) is 5.39. The molecule has 4 heteroatoms. The van der Waals surface area contributed by atoms with Gasteiger partial charge in [-0.15, -0.1) is 12.3 Å². The van der Waals surface area contributed by atoms with Gasteiger partial charge in [-0.2, -0.15) is 0 Å². The molecule has 4 nitrogen and oxygen atoms in total. The van der Waals surface area contributed by atoms with E-state index in [1.54, 1.807) is 0 Å². The standard InChI is InChI=1S/C11H21N3O/c1-2-3-6-9-14-11(15)10(13)7-4-5-8-12/h1,10H,3-9,12-13H2,(H,14,15)/t10-/m0/s1. The van der Waals surface area contributed by atoms with Crippen molar-refractivity contribution in [2.45, 2.75) is 38.1 Å². The number of hydrogen-bond donors (Lipinski definition) is 3. The number of unbranched alkanes of at least 4 members (excludes halogenated alkanes) is 2. The minimum atomic E-state index is -0.414. The molecule has 1 amide bonds. The molecular formula is C11H21N3O. The van der Waals surface area contributed by atoms with Gasteiger partial charge in [0.2, 0.25) is 5.91 Å². The molecule has 0 unspecified atom stereocenters. The number of carbonyl (C=O) groups excluding carboxylic acids is 1. The van der Waals surface area contributed by atoms with Gasteiger partial charge in [-0.25, -0.2) is 0 Å². The predicted molar refractivity (Wildman–Crippen MR) is 62.0 cm³/mol. The van der Waals surface area contributed by atoms with Crippen LogP contribution in [0.1, 0.15) is 32.1 Å². The number of terminal acetylenes is 1. The molecule has 0 aromatic heterocycles. The Labute approximate surface area is 91.8 Å². The summed E-state index contributed by atoms with van der Waals surface area (Å²) in [5.74, 6) is 2.42. The summed E-state index contributed by atoms with van der Waals surface area (Å²) in [6, 6.07) is -0.414. The molecular weight excluding hydrogens is 190 g/mol. The number of nitrogens with one attached hydrogen (secondary N) is 1. The first-order valence-electron chi connectivity index (χ1n) is 5.39. The minimum absolute atomic E-state index is 0.0935. The van der Waals surface area contributed by atoms with E-state index in [0.717, 1.165) is 19.3 Å². The molecule has 0 saturated carbocycles. The average molecular weight is 211 g/mol. The zero-order valence-electron chi connectivity index (χ0n) is 9.17. The fraction of sp³-hybridized carbons (Fsp3) is 0.727. The summed E-state index contributed by atoms with van der Waals surface area (Å²) in [5, 5.41) is 2.75. The highest BCUT2D eigenvalue weighted by molar-refractivity contribution is 5.81. The molecule has 0 aliphatic carbocycles. The normalized spacial score (nSPS) is 11.8. The van der Waals surface area contributed by atoms with Gasteiger partial charge in [0, 0.05) is 13.0 Å². The Morgan fingerprint density at radius 2 is 2.13 bits per heavy atom. The van der Waals surface area contributed by atoms with Crippen molar-refractivity contribution in [2.24, 2.45) is 11.5 Å². The van der Waals surface area contributed by atoms with E-state index in [9.17, 15) is 4.79 Å². The van der Waals surface area contributed by atoms with Crippen LogP contribution in [-0.2, 0) is 4.79 Å². The van der Waals surface area contributed by atoms with E-state index in [4.69, 9.17) is 17.9 Å². The maximum Gasteiger partial charge on any atom is 0.236 e. The molecule has 0 rings (SSSR count). The fourth-order valence-corrected chi connectivity index (χ4v) is 1.17. The molecule has 86 valence electrons. The lowest BCUT2D eigenvalue weighted by molar-refractivity contribution is -0.122. The van der Waals surface area contributed by atoms with Gasteiger partial charge in [-0.05, 0) is 25.8 Å². The lowest BCUT2D eigenvalue weighted by atomic mass is 10.1.